The van der Waals surface area contributed by atoms with Gasteiger partial charge in [0.15, 0.2) is 0 Å². The van der Waals surface area contributed by atoms with Gasteiger partial charge in [-0.3, -0.25) is 4.79 Å². The van der Waals surface area contributed by atoms with Gasteiger partial charge in [0.2, 0.25) is 0 Å². The molecule has 2 N–H and O–H groups in total. The van der Waals surface area contributed by atoms with E-state index in [0.717, 1.165) is 32.5 Å². The molecule has 2 saturated heterocycles. The summed E-state index contributed by atoms with van der Waals surface area (Å²) >= 11 is 0. The molecule has 2 fully saturated rings. The van der Waals surface area contributed by atoms with Crippen LogP contribution in [0.5, 0.6) is 11.5 Å². The number of aromatic hydroxyl groups is 1. The maximum atomic E-state index is 12.6. The fraction of sp³-hybridized carbons (Fsp3) is 0.588. The van der Waals surface area contributed by atoms with Gasteiger partial charge in [-0.05, 0) is 56.3 Å². The van der Waals surface area contributed by atoms with Crippen LogP contribution in [0.15, 0.2) is 18.2 Å². The first-order valence-corrected chi connectivity index (χ1v) is 8.08. The van der Waals surface area contributed by atoms with E-state index in [2.05, 4.69) is 5.32 Å². The number of carbonyl (C=O) groups excluding carboxylic acids is 1. The summed E-state index contributed by atoms with van der Waals surface area (Å²) in [5.74, 6) is 1.18. The summed E-state index contributed by atoms with van der Waals surface area (Å²) in [6.07, 6.45) is 4.60. The lowest BCUT2D eigenvalue weighted by Crippen LogP contribution is -2.43. The lowest BCUT2D eigenvalue weighted by atomic mass is 9.88. The van der Waals surface area contributed by atoms with Crippen LogP contribution in [0.4, 0.5) is 0 Å². The van der Waals surface area contributed by atoms with Crippen molar-refractivity contribution in [3.05, 3.63) is 23.8 Å². The summed E-state index contributed by atoms with van der Waals surface area (Å²) in [7, 11) is 1.56. The van der Waals surface area contributed by atoms with Crippen molar-refractivity contribution in [1.29, 1.82) is 0 Å². The van der Waals surface area contributed by atoms with Crippen LogP contribution in [-0.4, -0.2) is 48.7 Å². The van der Waals surface area contributed by atoms with E-state index >= 15 is 0 Å². The van der Waals surface area contributed by atoms with E-state index in [1.165, 1.54) is 18.9 Å². The highest BCUT2D eigenvalue weighted by molar-refractivity contribution is 5.97. The van der Waals surface area contributed by atoms with Crippen molar-refractivity contribution in [2.24, 2.45) is 5.92 Å². The molecule has 1 amide bonds. The van der Waals surface area contributed by atoms with E-state index < -0.39 is 0 Å². The molecule has 0 aliphatic carbocycles. The molecule has 0 aromatic heterocycles. The summed E-state index contributed by atoms with van der Waals surface area (Å²) in [4.78, 5) is 14.5. The Morgan fingerprint density at radius 2 is 2.09 bits per heavy atom. The van der Waals surface area contributed by atoms with Crippen LogP contribution in [-0.2, 0) is 0 Å². The van der Waals surface area contributed by atoms with Gasteiger partial charge in [0.1, 0.15) is 11.5 Å². The molecule has 0 saturated carbocycles. The minimum Gasteiger partial charge on any atom is -0.507 e. The number of methoxy groups -OCH3 is 1. The summed E-state index contributed by atoms with van der Waals surface area (Å²) in [6, 6.07) is 5.41. The second kappa shape index (κ2) is 6.57. The van der Waals surface area contributed by atoms with Gasteiger partial charge in [-0.2, -0.15) is 0 Å². The van der Waals surface area contributed by atoms with E-state index in [4.69, 9.17) is 4.74 Å². The highest BCUT2D eigenvalue weighted by Gasteiger charge is 2.30. The molecule has 2 heterocycles. The van der Waals surface area contributed by atoms with Gasteiger partial charge < -0.3 is 20.1 Å². The van der Waals surface area contributed by atoms with Crippen molar-refractivity contribution in [1.82, 2.24) is 10.2 Å². The Balaban J connectivity index is 1.64. The zero-order chi connectivity index (χ0) is 15.5. The van der Waals surface area contributed by atoms with Crippen molar-refractivity contribution in [2.75, 3.05) is 26.7 Å². The van der Waals surface area contributed by atoms with Gasteiger partial charge in [0.05, 0.1) is 12.7 Å². The van der Waals surface area contributed by atoms with Crippen LogP contribution in [0.25, 0.3) is 0 Å². The van der Waals surface area contributed by atoms with Crippen LogP contribution in [0.3, 0.4) is 0 Å². The van der Waals surface area contributed by atoms with Gasteiger partial charge in [-0.25, -0.2) is 0 Å². The number of benzene rings is 1. The molecular formula is C17H24N2O3. The van der Waals surface area contributed by atoms with Crippen molar-refractivity contribution in [2.45, 2.75) is 31.7 Å². The number of rotatable bonds is 3. The summed E-state index contributed by atoms with van der Waals surface area (Å²) in [6.45, 7) is 2.65. The van der Waals surface area contributed by atoms with Crippen molar-refractivity contribution in [3.63, 3.8) is 0 Å². The van der Waals surface area contributed by atoms with E-state index in [1.54, 1.807) is 19.2 Å². The first-order chi connectivity index (χ1) is 10.7. The van der Waals surface area contributed by atoms with E-state index in [1.807, 2.05) is 4.90 Å². The van der Waals surface area contributed by atoms with E-state index in [-0.39, 0.29) is 11.7 Å². The normalized spacial score (nSPS) is 22.8. The first kappa shape index (κ1) is 15.2. The molecule has 22 heavy (non-hydrogen) atoms. The third-order valence-corrected chi connectivity index (χ3v) is 4.93. The molecule has 0 radical (unpaired) electrons. The number of phenolic OH excluding ortho intramolecular Hbond substituents is 1. The van der Waals surface area contributed by atoms with Crippen LogP contribution >= 0.6 is 0 Å². The first-order valence-electron chi connectivity index (χ1n) is 8.08. The van der Waals surface area contributed by atoms with Gasteiger partial charge in [0, 0.05) is 19.1 Å². The topological polar surface area (TPSA) is 61.8 Å². The maximum Gasteiger partial charge on any atom is 0.257 e. The van der Waals surface area contributed by atoms with Crippen LogP contribution in [0.2, 0.25) is 0 Å². The maximum absolute atomic E-state index is 12.6. The van der Waals surface area contributed by atoms with Gasteiger partial charge in [-0.15, -0.1) is 0 Å². The second-order valence-corrected chi connectivity index (χ2v) is 6.22. The number of phenols is 1. The zero-order valence-electron chi connectivity index (χ0n) is 13.0. The molecule has 1 aromatic rings. The Morgan fingerprint density at radius 1 is 1.32 bits per heavy atom. The van der Waals surface area contributed by atoms with Crippen LogP contribution < -0.4 is 10.1 Å². The molecule has 1 atom stereocenters. The summed E-state index contributed by atoms with van der Waals surface area (Å²) < 4.78 is 5.14. The molecule has 3 rings (SSSR count). The van der Waals surface area contributed by atoms with E-state index in [9.17, 15) is 9.90 Å². The molecule has 1 aromatic carbocycles. The quantitative estimate of drug-likeness (QED) is 0.896. The number of hydrogen-bond acceptors (Lipinski definition) is 4. The minimum atomic E-state index is -0.103. The van der Waals surface area contributed by atoms with Gasteiger partial charge in [-0.1, -0.05) is 0 Å². The number of carbonyl (C=O) groups is 1. The lowest BCUT2D eigenvalue weighted by Gasteiger charge is -2.35. The predicted octanol–water partition coefficient (Wildman–Crippen LogP) is 2.00. The molecule has 1 unspecified atom stereocenters. The third-order valence-electron chi connectivity index (χ3n) is 4.93. The molecule has 2 aliphatic heterocycles. The molecule has 5 heteroatoms. The fourth-order valence-corrected chi connectivity index (χ4v) is 3.60. The molecule has 5 nitrogen and oxygen atoms in total. The standard InChI is InChI=1S/C17H24N2O3/c1-22-13-4-5-16(20)14(11-13)17(21)19-9-6-12(7-10-19)15-3-2-8-18-15/h4-5,11-12,15,18,20H,2-3,6-10H2,1H3. The summed E-state index contributed by atoms with van der Waals surface area (Å²) in [5, 5.41) is 13.5. The highest BCUT2D eigenvalue weighted by atomic mass is 16.5. The molecule has 2 aliphatic rings. The Bertz CT molecular complexity index is 533. The number of piperidine rings is 1. The van der Waals surface area contributed by atoms with E-state index in [0.29, 0.717) is 23.3 Å². The Labute approximate surface area is 131 Å². The Kier molecular flexibility index (Phi) is 4.52. The van der Waals surface area contributed by atoms with Crippen molar-refractivity contribution >= 4 is 5.91 Å². The monoisotopic (exact) mass is 304 g/mol. The highest BCUT2D eigenvalue weighted by Crippen LogP contribution is 2.29. The molecule has 0 spiro atoms. The van der Waals surface area contributed by atoms with Crippen LogP contribution in [0, 0.1) is 5.92 Å². The van der Waals surface area contributed by atoms with Crippen LogP contribution in [0.1, 0.15) is 36.0 Å². The fourth-order valence-electron chi connectivity index (χ4n) is 3.60. The predicted molar refractivity (Wildman–Crippen MR) is 84.3 cm³/mol. The zero-order valence-corrected chi connectivity index (χ0v) is 13.0. The van der Waals surface area contributed by atoms with Gasteiger partial charge in [0.25, 0.3) is 5.91 Å². The number of ether oxygens (including phenoxy) is 1. The number of nitrogens with one attached hydrogen (secondary N) is 1. The smallest absolute Gasteiger partial charge is 0.257 e. The second-order valence-electron chi connectivity index (χ2n) is 6.22. The van der Waals surface area contributed by atoms with Gasteiger partial charge >= 0.3 is 0 Å². The Morgan fingerprint density at radius 3 is 2.73 bits per heavy atom. The third kappa shape index (κ3) is 3.04. The molecule has 0 bridgehead atoms. The molecular weight excluding hydrogens is 280 g/mol. The molecule has 120 valence electrons. The number of hydrogen-bond donors (Lipinski definition) is 2. The lowest BCUT2D eigenvalue weighted by molar-refractivity contribution is 0.0671. The van der Waals surface area contributed by atoms with Crippen molar-refractivity contribution in [3.8, 4) is 11.5 Å². The average Bonchev–Trinajstić information content (AvgIpc) is 3.09. The number of amides is 1. The minimum absolute atomic E-state index is 0.0189. The Hall–Kier alpha value is -1.75. The largest absolute Gasteiger partial charge is 0.507 e. The number of likely N-dealkylation sites (tertiary alicyclic amines) is 1. The SMILES string of the molecule is COc1ccc(O)c(C(=O)N2CCC(C3CCCN3)CC2)c1. The summed E-state index contributed by atoms with van der Waals surface area (Å²) in [5.41, 5.74) is 0.330. The van der Waals surface area contributed by atoms with Crippen molar-refractivity contribution < 1.29 is 14.6 Å². The average molecular weight is 304 g/mol. The number of nitrogens with zero attached hydrogens (tertiary/aromatic N) is 1.